The van der Waals surface area contributed by atoms with E-state index in [1.54, 1.807) is 22.0 Å². The van der Waals surface area contributed by atoms with E-state index in [0.29, 0.717) is 31.9 Å². The molecule has 5 nitrogen and oxygen atoms in total. The van der Waals surface area contributed by atoms with E-state index in [4.69, 9.17) is 12.2 Å². The van der Waals surface area contributed by atoms with Crippen LogP contribution in [0, 0.1) is 12.3 Å². The zero-order chi connectivity index (χ0) is 12.7. The summed E-state index contributed by atoms with van der Waals surface area (Å²) < 4.78 is 1.80. The molecule has 1 aromatic rings. The summed E-state index contributed by atoms with van der Waals surface area (Å²) in [7, 11) is 0. The Hall–Kier alpha value is -1.80. The van der Waals surface area contributed by atoms with Crippen LogP contribution in [0.3, 0.4) is 0 Å². The van der Waals surface area contributed by atoms with Crippen molar-refractivity contribution in [3.8, 4) is 12.3 Å². The van der Waals surface area contributed by atoms with E-state index in [2.05, 4.69) is 10.9 Å². The van der Waals surface area contributed by atoms with Crippen LogP contribution in [0.15, 0.2) is 12.5 Å². The minimum atomic E-state index is -0.124. The molecule has 0 atom stereocenters. The van der Waals surface area contributed by atoms with E-state index in [1.165, 1.54) is 0 Å². The maximum Gasteiger partial charge on any atom is 0.274 e. The number of imidazole rings is 1. The summed E-state index contributed by atoms with van der Waals surface area (Å²) in [5.74, 6) is 2.36. The maximum atomic E-state index is 12.1. The van der Waals surface area contributed by atoms with Gasteiger partial charge in [-0.2, -0.15) is 0 Å². The summed E-state index contributed by atoms with van der Waals surface area (Å²) in [6.45, 7) is 4.14. The number of aromatic nitrogens is 2. The molecule has 0 unspecified atom stereocenters. The molecule has 17 heavy (non-hydrogen) atoms. The number of carbonyl (C=O) groups is 1. The van der Waals surface area contributed by atoms with Crippen LogP contribution in [0.4, 0.5) is 0 Å². The number of carbonyl (C=O) groups excluding carboxylic acids is 1. The largest absolute Gasteiger partial charge is 0.335 e. The highest BCUT2D eigenvalue weighted by Gasteiger charge is 2.16. The third-order valence-electron chi connectivity index (χ3n) is 2.30. The third kappa shape index (κ3) is 3.61. The van der Waals surface area contributed by atoms with Gasteiger partial charge in [0.1, 0.15) is 5.69 Å². The second kappa shape index (κ2) is 6.71. The van der Waals surface area contributed by atoms with E-state index in [9.17, 15) is 4.79 Å². The normalized spacial score (nSPS) is 9.94. The molecule has 0 saturated heterocycles. The molecule has 1 amide bonds. The molecule has 0 radical (unpaired) electrons. The standard InChI is InChI=1S/C12H18N4O/c1-3-6-16(7-4-2)12(17)11-9-15(8-5-13)10-14-11/h1,9-10H,4-8,13H2,2H3. The number of terminal acetylenes is 1. The van der Waals surface area contributed by atoms with Gasteiger partial charge in [0.05, 0.1) is 12.9 Å². The predicted molar refractivity (Wildman–Crippen MR) is 66.3 cm³/mol. The van der Waals surface area contributed by atoms with Crippen LogP contribution < -0.4 is 5.73 Å². The molecule has 0 aromatic carbocycles. The second-order valence-electron chi connectivity index (χ2n) is 3.72. The fourth-order valence-corrected chi connectivity index (χ4v) is 1.54. The SMILES string of the molecule is C#CCN(CCC)C(=O)c1cn(CCN)cn1. The van der Waals surface area contributed by atoms with Crippen LogP contribution >= 0.6 is 0 Å². The van der Waals surface area contributed by atoms with Gasteiger partial charge in [-0.05, 0) is 6.42 Å². The lowest BCUT2D eigenvalue weighted by atomic mass is 10.3. The topological polar surface area (TPSA) is 64.2 Å². The van der Waals surface area contributed by atoms with E-state index >= 15 is 0 Å². The van der Waals surface area contributed by atoms with Crippen LogP contribution in [0.5, 0.6) is 0 Å². The van der Waals surface area contributed by atoms with Crippen LogP contribution in [-0.2, 0) is 6.54 Å². The molecular formula is C12H18N4O. The fourth-order valence-electron chi connectivity index (χ4n) is 1.54. The smallest absolute Gasteiger partial charge is 0.274 e. The first-order chi connectivity index (χ1) is 8.22. The van der Waals surface area contributed by atoms with Crippen molar-refractivity contribution in [2.75, 3.05) is 19.6 Å². The van der Waals surface area contributed by atoms with Crippen LogP contribution in [0.25, 0.3) is 0 Å². The molecule has 0 spiro atoms. The highest BCUT2D eigenvalue weighted by Crippen LogP contribution is 2.03. The highest BCUT2D eigenvalue weighted by molar-refractivity contribution is 5.92. The van der Waals surface area contributed by atoms with Gasteiger partial charge in [0.2, 0.25) is 0 Å². The van der Waals surface area contributed by atoms with Crippen molar-refractivity contribution in [2.24, 2.45) is 5.73 Å². The zero-order valence-electron chi connectivity index (χ0n) is 10.1. The molecule has 1 rings (SSSR count). The molecule has 0 fully saturated rings. The minimum Gasteiger partial charge on any atom is -0.335 e. The number of nitrogens with two attached hydrogens (primary N) is 1. The summed E-state index contributed by atoms with van der Waals surface area (Å²) in [6, 6.07) is 0. The lowest BCUT2D eigenvalue weighted by molar-refractivity contribution is 0.0771. The van der Waals surface area contributed by atoms with Crippen LogP contribution in [0.1, 0.15) is 23.8 Å². The Bertz CT molecular complexity index is 405. The summed E-state index contributed by atoms with van der Waals surface area (Å²) >= 11 is 0. The van der Waals surface area contributed by atoms with Gasteiger partial charge < -0.3 is 15.2 Å². The van der Waals surface area contributed by atoms with Crippen molar-refractivity contribution in [1.29, 1.82) is 0 Å². The van der Waals surface area contributed by atoms with E-state index in [0.717, 1.165) is 6.42 Å². The zero-order valence-corrected chi connectivity index (χ0v) is 10.1. The van der Waals surface area contributed by atoms with Gasteiger partial charge in [0.15, 0.2) is 0 Å². The number of hydrogen-bond donors (Lipinski definition) is 1. The van der Waals surface area contributed by atoms with E-state index in [-0.39, 0.29) is 5.91 Å². The average molecular weight is 234 g/mol. The summed E-state index contributed by atoms with van der Waals surface area (Å²) in [5.41, 5.74) is 5.85. The van der Waals surface area contributed by atoms with Crippen molar-refractivity contribution < 1.29 is 4.79 Å². The van der Waals surface area contributed by atoms with E-state index < -0.39 is 0 Å². The van der Waals surface area contributed by atoms with Gasteiger partial charge in [-0.3, -0.25) is 4.79 Å². The van der Waals surface area contributed by atoms with Crippen LogP contribution in [-0.4, -0.2) is 40.0 Å². The first-order valence-corrected chi connectivity index (χ1v) is 5.67. The van der Waals surface area contributed by atoms with Crippen molar-refractivity contribution in [1.82, 2.24) is 14.5 Å². The molecule has 92 valence electrons. The Morgan fingerprint density at radius 3 is 3.06 bits per heavy atom. The molecule has 0 aliphatic heterocycles. The number of amides is 1. The molecule has 1 aromatic heterocycles. The van der Waals surface area contributed by atoms with Gasteiger partial charge in [-0.15, -0.1) is 6.42 Å². The Kier molecular flexibility index (Phi) is 5.24. The number of rotatable bonds is 6. The molecule has 0 aliphatic rings. The average Bonchev–Trinajstić information content (AvgIpc) is 2.77. The van der Waals surface area contributed by atoms with Gasteiger partial charge in [-0.1, -0.05) is 12.8 Å². The summed E-state index contributed by atoms with van der Waals surface area (Å²) in [5, 5.41) is 0. The lowest BCUT2D eigenvalue weighted by Crippen LogP contribution is -2.32. The van der Waals surface area contributed by atoms with Gasteiger partial charge >= 0.3 is 0 Å². The molecule has 2 N–H and O–H groups in total. The molecular weight excluding hydrogens is 216 g/mol. The quantitative estimate of drug-likeness (QED) is 0.721. The van der Waals surface area contributed by atoms with Gasteiger partial charge in [0.25, 0.3) is 5.91 Å². The van der Waals surface area contributed by atoms with Crippen molar-refractivity contribution in [3.05, 3.63) is 18.2 Å². The molecule has 0 saturated carbocycles. The van der Waals surface area contributed by atoms with Crippen molar-refractivity contribution >= 4 is 5.91 Å². The van der Waals surface area contributed by atoms with Crippen LogP contribution in [0.2, 0.25) is 0 Å². The van der Waals surface area contributed by atoms with E-state index in [1.807, 2.05) is 6.92 Å². The first kappa shape index (κ1) is 13.3. The predicted octanol–water partition coefficient (Wildman–Crippen LogP) is 0.327. The Balaban J connectivity index is 2.74. The summed E-state index contributed by atoms with van der Waals surface area (Å²) in [6.07, 6.45) is 9.43. The third-order valence-corrected chi connectivity index (χ3v) is 2.30. The van der Waals surface area contributed by atoms with Crippen molar-refractivity contribution in [2.45, 2.75) is 19.9 Å². The molecule has 1 heterocycles. The Morgan fingerprint density at radius 1 is 1.71 bits per heavy atom. The Morgan fingerprint density at radius 2 is 2.47 bits per heavy atom. The minimum absolute atomic E-state index is 0.124. The van der Waals surface area contributed by atoms with Gasteiger partial charge in [-0.25, -0.2) is 4.98 Å². The Labute approximate surface area is 102 Å². The second-order valence-corrected chi connectivity index (χ2v) is 3.72. The molecule has 0 bridgehead atoms. The molecule has 0 aliphatic carbocycles. The highest BCUT2D eigenvalue weighted by atomic mass is 16.2. The number of hydrogen-bond acceptors (Lipinski definition) is 3. The monoisotopic (exact) mass is 234 g/mol. The first-order valence-electron chi connectivity index (χ1n) is 5.67. The summed E-state index contributed by atoms with van der Waals surface area (Å²) in [4.78, 5) is 17.8. The van der Waals surface area contributed by atoms with Gasteiger partial charge in [0, 0.05) is 25.8 Å². The number of nitrogens with zero attached hydrogens (tertiary/aromatic N) is 3. The molecule has 5 heteroatoms. The lowest BCUT2D eigenvalue weighted by Gasteiger charge is -2.17. The maximum absolute atomic E-state index is 12.1. The fraction of sp³-hybridized carbons (Fsp3) is 0.500. The van der Waals surface area contributed by atoms with Crippen molar-refractivity contribution in [3.63, 3.8) is 0 Å².